The van der Waals surface area contributed by atoms with Crippen molar-refractivity contribution in [1.82, 2.24) is 5.32 Å². The molecule has 0 radical (unpaired) electrons. The van der Waals surface area contributed by atoms with E-state index in [2.05, 4.69) is 19.2 Å². The second-order valence-corrected chi connectivity index (χ2v) is 5.98. The van der Waals surface area contributed by atoms with Crippen molar-refractivity contribution in [3.05, 3.63) is 0 Å². The van der Waals surface area contributed by atoms with E-state index in [0.29, 0.717) is 13.0 Å². The number of carbonyl (C=O) groups excluding carboxylic acids is 1. The summed E-state index contributed by atoms with van der Waals surface area (Å²) in [6.07, 6.45) is 1.39. The van der Waals surface area contributed by atoms with Crippen LogP contribution in [-0.4, -0.2) is 23.5 Å². The van der Waals surface area contributed by atoms with E-state index >= 15 is 0 Å². The van der Waals surface area contributed by atoms with E-state index in [1.54, 1.807) is 13.8 Å². The molecule has 1 atom stereocenters. The van der Waals surface area contributed by atoms with Crippen molar-refractivity contribution < 1.29 is 14.7 Å². The fourth-order valence-corrected chi connectivity index (χ4v) is 1.64. The first-order valence-corrected chi connectivity index (χ1v) is 5.68. The zero-order chi connectivity index (χ0) is 12.6. The van der Waals surface area contributed by atoms with Crippen LogP contribution in [0.4, 0.5) is 0 Å². The maximum atomic E-state index is 11.6. The number of nitrogens with one attached hydrogen (secondary N) is 1. The number of hydrogen-bond acceptors (Lipinski definition) is 2. The minimum Gasteiger partial charge on any atom is -0.481 e. The Morgan fingerprint density at radius 3 is 2.31 bits per heavy atom. The van der Waals surface area contributed by atoms with Gasteiger partial charge in [0.25, 0.3) is 0 Å². The molecule has 1 aliphatic carbocycles. The molecule has 0 aromatic rings. The summed E-state index contributed by atoms with van der Waals surface area (Å²) in [7, 11) is 0. The molecule has 16 heavy (non-hydrogen) atoms. The van der Waals surface area contributed by atoms with Crippen LogP contribution in [-0.2, 0) is 9.59 Å². The summed E-state index contributed by atoms with van der Waals surface area (Å²) in [6.45, 7) is 7.91. The maximum Gasteiger partial charge on any atom is 0.309 e. The fraction of sp³-hybridized carbons (Fsp3) is 0.833. The highest BCUT2D eigenvalue weighted by Gasteiger charge is 2.50. The summed E-state index contributed by atoms with van der Waals surface area (Å²) in [5.41, 5.74) is -0.640. The summed E-state index contributed by atoms with van der Waals surface area (Å²) < 4.78 is 0. The Morgan fingerprint density at radius 2 is 1.94 bits per heavy atom. The fourth-order valence-electron chi connectivity index (χ4n) is 1.64. The molecule has 4 heteroatoms. The van der Waals surface area contributed by atoms with E-state index in [4.69, 9.17) is 5.11 Å². The van der Waals surface area contributed by atoms with Crippen LogP contribution in [0.1, 0.15) is 40.5 Å². The lowest BCUT2D eigenvalue weighted by molar-refractivity contribution is -0.147. The zero-order valence-corrected chi connectivity index (χ0v) is 10.5. The van der Waals surface area contributed by atoms with Crippen molar-refractivity contribution in [3.63, 3.8) is 0 Å². The van der Waals surface area contributed by atoms with Crippen LogP contribution < -0.4 is 5.32 Å². The van der Waals surface area contributed by atoms with Crippen molar-refractivity contribution in [3.8, 4) is 0 Å². The summed E-state index contributed by atoms with van der Waals surface area (Å²) >= 11 is 0. The predicted molar refractivity (Wildman–Crippen MR) is 60.9 cm³/mol. The van der Waals surface area contributed by atoms with Crippen LogP contribution in [0.3, 0.4) is 0 Å². The molecule has 1 fully saturated rings. The van der Waals surface area contributed by atoms with E-state index in [-0.39, 0.29) is 17.2 Å². The van der Waals surface area contributed by atoms with E-state index in [1.165, 1.54) is 0 Å². The van der Waals surface area contributed by atoms with Gasteiger partial charge in [0.15, 0.2) is 0 Å². The molecule has 1 amide bonds. The Balaban J connectivity index is 2.27. The van der Waals surface area contributed by atoms with E-state index in [1.807, 2.05) is 0 Å². The van der Waals surface area contributed by atoms with Gasteiger partial charge >= 0.3 is 5.97 Å². The van der Waals surface area contributed by atoms with Gasteiger partial charge < -0.3 is 10.4 Å². The molecule has 0 aliphatic heterocycles. The summed E-state index contributed by atoms with van der Waals surface area (Å²) in [5.74, 6) is -0.653. The lowest BCUT2D eigenvalue weighted by atomic mass is 9.90. The standard InChI is InChI=1S/C12H21NO3/c1-11(2,10(15)16)5-6-13-9(14)8-7-12(8,3)4/h8H,5-7H2,1-4H3,(H,13,14)(H,15,16). The molecular formula is C12H21NO3. The Labute approximate surface area is 96.4 Å². The van der Waals surface area contributed by atoms with Gasteiger partial charge in [0.05, 0.1) is 5.41 Å². The third-order valence-electron chi connectivity index (χ3n) is 3.46. The molecular weight excluding hydrogens is 206 g/mol. The van der Waals surface area contributed by atoms with Crippen molar-refractivity contribution in [2.45, 2.75) is 40.5 Å². The number of amides is 1. The van der Waals surface area contributed by atoms with E-state index < -0.39 is 11.4 Å². The van der Waals surface area contributed by atoms with E-state index in [0.717, 1.165) is 6.42 Å². The Morgan fingerprint density at radius 1 is 1.44 bits per heavy atom. The van der Waals surface area contributed by atoms with Crippen molar-refractivity contribution >= 4 is 11.9 Å². The highest BCUT2D eigenvalue weighted by atomic mass is 16.4. The van der Waals surface area contributed by atoms with Gasteiger partial charge in [-0.15, -0.1) is 0 Å². The topological polar surface area (TPSA) is 66.4 Å². The molecule has 1 saturated carbocycles. The van der Waals surface area contributed by atoms with Crippen molar-refractivity contribution in [2.75, 3.05) is 6.54 Å². The van der Waals surface area contributed by atoms with Crippen LogP contribution in [0.25, 0.3) is 0 Å². The van der Waals surface area contributed by atoms with Crippen molar-refractivity contribution in [2.24, 2.45) is 16.7 Å². The maximum absolute atomic E-state index is 11.6. The average molecular weight is 227 g/mol. The minimum atomic E-state index is -0.825. The molecule has 92 valence electrons. The van der Waals surface area contributed by atoms with Crippen LogP contribution in [0, 0.1) is 16.7 Å². The molecule has 1 unspecified atom stereocenters. The SMILES string of the molecule is CC(C)(CCNC(=O)C1CC1(C)C)C(=O)O. The third kappa shape index (κ3) is 2.97. The monoisotopic (exact) mass is 227 g/mol. The highest BCUT2D eigenvalue weighted by Crippen LogP contribution is 2.51. The first-order valence-electron chi connectivity index (χ1n) is 5.68. The smallest absolute Gasteiger partial charge is 0.309 e. The van der Waals surface area contributed by atoms with Crippen LogP contribution in [0.2, 0.25) is 0 Å². The lowest BCUT2D eigenvalue weighted by Crippen LogP contribution is -2.33. The number of aliphatic carboxylic acids is 1. The molecule has 4 nitrogen and oxygen atoms in total. The molecule has 0 heterocycles. The Bertz CT molecular complexity index is 307. The first-order chi connectivity index (χ1) is 7.17. The van der Waals surface area contributed by atoms with Gasteiger partial charge in [0, 0.05) is 12.5 Å². The molecule has 0 aromatic carbocycles. The number of rotatable bonds is 5. The molecule has 0 saturated heterocycles. The largest absolute Gasteiger partial charge is 0.481 e. The summed E-state index contributed by atoms with van der Waals surface area (Å²) in [5, 5.41) is 11.7. The lowest BCUT2D eigenvalue weighted by Gasteiger charge is -2.19. The predicted octanol–water partition coefficient (Wildman–Crippen LogP) is 1.65. The van der Waals surface area contributed by atoms with Gasteiger partial charge in [-0.3, -0.25) is 9.59 Å². The van der Waals surface area contributed by atoms with Crippen LogP contribution >= 0.6 is 0 Å². The average Bonchev–Trinajstić information content (AvgIpc) is 2.74. The Kier molecular flexibility index (Phi) is 3.31. The third-order valence-corrected chi connectivity index (χ3v) is 3.46. The number of hydrogen-bond donors (Lipinski definition) is 2. The van der Waals surface area contributed by atoms with Gasteiger partial charge in [-0.2, -0.15) is 0 Å². The Hall–Kier alpha value is -1.06. The zero-order valence-electron chi connectivity index (χ0n) is 10.5. The normalized spacial score (nSPS) is 22.6. The summed E-state index contributed by atoms with van der Waals surface area (Å²) in [6, 6.07) is 0. The van der Waals surface area contributed by atoms with Gasteiger partial charge in [0.1, 0.15) is 0 Å². The molecule has 0 spiro atoms. The molecule has 1 rings (SSSR count). The molecule has 2 N–H and O–H groups in total. The van der Waals surface area contributed by atoms with Gasteiger partial charge in [-0.05, 0) is 32.1 Å². The number of carboxylic acids is 1. The quantitative estimate of drug-likeness (QED) is 0.750. The molecule has 0 aromatic heterocycles. The number of carboxylic acid groups (broad SMARTS) is 1. The molecule has 0 bridgehead atoms. The van der Waals surface area contributed by atoms with Gasteiger partial charge in [-0.1, -0.05) is 13.8 Å². The molecule has 1 aliphatic rings. The van der Waals surface area contributed by atoms with Crippen LogP contribution in [0.15, 0.2) is 0 Å². The van der Waals surface area contributed by atoms with E-state index in [9.17, 15) is 9.59 Å². The number of carbonyl (C=O) groups is 2. The van der Waals surface area contributed by atoms with Gasteiger partial charge in [-0.25, -0.2) is 0 Å². The second-order valence-electron chi connectivity index (χ2n) is 5.98. The second kappa shape index (κ2) is 4.07. The van der Waals surface area contributed by atoms with Crippen LogP contribution in [0.5, 0.6) is 0 Å². The van der Waals surface area contributed by atoms with Gasteiger partial charge in [0.2, 0.25) is 5.91 Å². The summed E-state index contributed by atoms with van der Waals surface area (Å²) in [4.78, 5) is 22.5. The first kappa shape index (κ1) is 13.0. The minimum absolute atomic E-state index is 0.0613. The highest BCUT2D eigenvalue weighted by molar-refractivity contribution is 5.82. The van der Waals surface area contributed by atoms with Crippen molar-refractivity contribution in [1.29, 1.82) is 0 Å².